The van der Waals surface area contributed by atoms with E-state index in [2.05, 4.69) is 30.7 Å². The molecule has 1 fully saturated rings. The van der Waals surface area contributed by atoms with Gasteiger partial charge in [-0.2, -0.15) is 0 Å². The number of aliphatic hydroxyl groups excluding tert-OH is 1. The fourth-order valence-electron chi connectivity index (χ4n) is 5.00. The Morgan fingerprint density at radius 2 is 1.84 bits per heavy atom. The highest BCUT2D eigenvalue weighted by Crippen LogP contribution is 2.36. The maximum Gasteiger partial charge on any atom is 0.414 e. The lowest BCUT2D eigenvalue weighted by molar-refractivity contribution is -0.159. The zero-order valence-corrected chi connectivity index (χ0v) is 23.2. The highest BCUT2D eigenvalue weighted by atomic mass is 16.5. The monoisotopic (exact) mass is 532 g/mol. The Bertz CT molecular complexity index is 1020. The van der Waals surface area contributed by atoms with E-state index in [4.69, 9.17) is 29.3 Å². The molecule has 1 aromatic heterocycles. The number of hydrogen-bond donors (Lipinski definition) is 3. The van der Waals surface area contributed by atoms with Crippen LogP contribution in [0.1, 0.15) is 77.4 Å². The number of fused-ring (bicyclic) bond motifs is 1. The van der Waals surface area contributed by atoms with E-state index in [1.165, 1.54) is 45.3 Å². The van der Waals surface area contributed by atoms with Crippen molar-refractivity contribution in [2.45, 2.75) is 71.8 Å². The van der Waals surface area contributed by atoms with Gasteiger partial charge in [0.15, 0.2) is 0 Å². The Labute approximate surface area is 225 Å². The van der Waals surface area contributed by atoms with Gasteiger partial charge < -0.3 is 29.7 Å². The van der Waals surface area contributed by atoms with Crippen molar-refractivity contribution in [3.8, 4) is 11.6 Å². The number of pyridine rings is 1. The molecule has 0 radical (unpaired) electrons. The Hall–Kier alpha value is -2.91. The van der Waals surface area contributed by atoms with E-state index in [9.17, 15) is 5.11 Å². The number of unbranched alkanes of at least 4 members (excludes halogenated alkanes) is 1. The summed E-state index contributed by atoms with van der Waals surface area (Å²) in [6.45, 7) is 10.9. The second-order valence-corrected chi connectivity index (χ2v) is 9.86. The number of methoxy groups -OCH3 is 1. The number of hydrogen-bond acceptors (Lipinski definition) is 7. The van der Waals surface area contributed by atoms with E-state index in [0.717, 1.165) is 47.4 Å². The number of carboxylic acids is 2. The SMILES string of the molecule is CCCCN1CC[C@@H](CCC(O)c2cc(OCCC)nc3ccc(OC)cc23)[C@@H](CC)C1.O=C(O)C(=O)O. The fourth-order valence-corrected chi connectivity index (χ4v) is 5.00. The van der Waals surface area contributed by atoms with Gasteiger partial charge in [-0.25, -0.2) is 14.6 Å². The van der Waals surface area contributed by atoms with Gasteiger partial charge >= 0.3 is 11.9 Å². The predicted molar refractivity (Wildman–Crippen MR) is 147 cm³/mol. The average Bonchev–Trinajstić information content (AvgIpc) is 2.93. The summed E-state index contributed by atoms with van der Waals surface area (Å²) < 4.78 is 11.3. The van der Waals surface area contributed by atoms with Crippen LogP contribution in [0.15, 0.2) is 24.3 Å². The third-order valence-corrected chi connectivity index (χ3v) is 7.16. The van der Waals surface area contributed by atoms with Crippen LogP contribution in [0, 0.1) is 11.8 Å². The Morgan fingerprint density at radius 3 is 2.45 bits per heavy atom. The summed E-state index contributed by atoms with van der Waals surface area (Å²) in [7, 11) is 1.67. The molecule has 3 rings (SSSR count). The third kappa shape index (κ3) is 9.44. The largest absolute Gasteiger partial charge is 0.497 e. The minimum atomic E-state index is -1.82. The van der Waals surface area contributed by atoms with Crippen LogP contribution in [0.25, 0.3) is 10.9 Å². The van der Waals surface area contributed by atoms with Crippen molar-refractivity contribution < 1.29 is 34.4 Å². The molecule has 0 saturated carbocycles. The van der Waals surface area contributed by atoms with Crippen molar-refractivity contribution in [3.63, 3.8) is 0 Å². The molecule has 3 N–H and O–H groups in total. The molecule has 1 aliphatic rings. The number of carboxylic acid groups (broad SMARTS) is 2. The number of nitrogens with zero attached hydrogens (tertiary/aromatic N) is 2. The van der Waals surface area contributed by atoms with Gasteiger partial charge in [-0.15, -0.1) is 0 Å². The first-order chi connectivity index (χ1) is 18.2. The van der Waals surface area contributed by atoms with Crippen LogP contribution in [0.4, 0.5) is 0 Å². The minimum Gasteiger partial charge on any atom is -0.497 e. The molecule has 2 aromatic rings. The van der Waals surface area contributed by atoms with Gasteiger partial charge in [0, 0.05) is 18.0 Å². The van der Waals surface area contributed by atoms with Crippen LogP contribution in [-0.4, -0.2) is 70.5 Å². The van der Waals surface area contributed by atoms with Crippen molar-refractivity contribution in [3.05, 3.63) is 29.8 Å². The van der Waals surface area contributed by atoms with Gasteiger partial charge in [-0.3, -0.25) is 0 Å². The molecule has 9 nitrogen and oxygen atoms in total. The van der Waals surface area contributed by atoms with Gasteiger partial charge in [0.2, 0.25) is 5.88 Å². The summed E-state index contributed by atoms with van der Waals surface area (Å²) in [5.74, 6) is -0.865. The molecular formula is C29H44N2O7. The first-order valence-corrected chi connectivity index (χ1v) is 13.7. The fraction of sp³-hybridized carbons (Fsp3) is 0.621. The molecule has 212 valence electrons. The van der Waals surface area contributed by atoms with Gasteiger partial charge in [0.05, 0.1) is 25.3 Å². The van der Waals surface area contributed by atoms with Crippen molar-refractivity contribution in [1.82, 2.24) is 9.88 Å². The molecule has 38 heavy (non-hydrogen) atoms. The summed E-state index contributed by atoms with van der Waals surface area (Å²) >= 11 is 0. The van der Waals surface area contributed by atoms with Gasteiger partial charge in [0.1, 0.15) is 5.75 Å². The van der Waals surface area contributed by atoms with E-state index >= 15 is 0 Å². The molecule has 2 heterocycles. The number of benzene rings is 1. The van der Waals surface area contributed by atoms with Gasteiger partial charge in [0.25, 0.3) is 0 Å². The molecule has 1 aliphatic heterocycles. The number of carbonyl (C=O) groups is 2. The Balaban J connectivity index is 0.000000757. The maximum atomic E-state index is 11.3. The number of aliphatic carboxylic acids is 2. The van der Waals surface area contributed by atoms with Crippen molar-refractivity contribution in [1.29, 1.82) is 0 Å². The molecule has 9 heteroatoms. The molecule has 0 bridgehead atoms. The summed E-state index contributed by atoms with van der Waals surface area (Å²) in [4.78, 5) is 25.5. The molecule has 0 amide bonds. The topological polar surface area (TPSA) is 129 Å². The first kappa shape index (κ1) is 31.3. The maximum absolute atomic E-state index is 11.3. The van der Waals surface area contributed by atoms with E-state index in [1.54, 1.807) is 7.11 Å². The third-order valence-electron chi connectivity index (χ3n) is 7.16. The smallest absolute Gasteiger partial charge is 0.414 e. The minimum absolute atomic E-state index is 0.535. The van der Waals surface area contributed by atoms with Crippen LogP contribution in [0.2, 0.25) is 0 Å². The average molecular weight is 533 g/mol. The zero-order chi connectivity index (χ0) is 28.1. The van der Waals surface area contributed by atoms with Crippen LogP contribution < -0.4 is 9.47 Å². The van der Waals surface area contributed by atoms with Gasteiger partial charge in [-0.1, -0.05) is 33.6 Å². The number of likely N-dealkylation sites (tertiary alicyclic amines) is 1. The van der Waals surface area contributed by atoms with Crippen LogP contribution in [0.3, 0.4) is 0 Å². The number of aromatic nitrogens is 1. The van der Waals surface area contributed by atoms with E-state index < -0.39 is 18.0 Å². The normalized spacial score (nSPS) is 18.3. The molecule has 0 aliphatic carbocycles. The van der Waals surface area contributed by atoms with E-state index in [0.29, 0.717) is 18.4 Å². The molecule has 1 saturated heterocycles. The van der Waals surface area contributed by atoms with Crippen LogP contribution in [-0.2, 0) is 9.59 Å². The standard InChI is InChI=1S/C27H42N2O3.C2H2O4/c1-5-8-14-29-15-13-21(20(7-3)19-29)9-12-26(30)24-18-27(32-16-6-2)28-25-11-10-22(31-4)17-23(24)25;3-1(4)2(5)6/h10-11,17-18,20-21,26,30H,5-9,12-16,19H2,1-4H3;(H,3,4)(H,5,6)/t20-,21+,26?;/m0./s1. The van der Waals surface area contributed by atoms with E-state index in [1.807, 2.05) is 24.3 Å². The first-order valence-electron chi connectivity index (χ1n) is 13.7. The summed E-state index contributed by atoms with van der Waals surface area (Å²) in [5, 5.41) is 27.0. The Kier molecular flexibility index (Phi) is 13.3. The van der Waals surface area contributed by atoms with E-state index in [-0.39, 0.29) is 0 Å². The predicted octanol–water partition coefficient (Wildman–Crippen LogP) is 5.15. The summed E-state index contributed by atoms with van der Waals surface area (Å²) in [6, 6.07) is 7.76. The van der Waals surface area contributed by atoms with Crippen molar-refractivity contribution in [2.75, 3.05) is 33.4 Å². The Morgan fingerprint density at radius 1 is 1.11 bits per heavy atom. The highest BCUT2D eigenvalue weighted by molar-refractivity contribution is 6.27. The zero-order valence-electron chi connectivity index (χ0n) is 23.2. The van der Waals surface area contributed by atoms with Crippen LogP contribution in [0.5, 0.6) is 11.6 Å². The molecule has 1 aromatic carbocycles. The molecule has 0 spiro atoms. The lowest BCUT2D eigenvalue weighted by atomic mass is 9.80. The second kappa shape index (κ2) is 16.1. The lowest BCUT2D eigenvalue weighted by Crippen LogP contribution is -2.40. The van der Waals surface area contributed by atoms with Crippen molar-refractivity contribution in [2.24, 2.45) is 11.8 Å². The number of rotatable bonds is 12. The summed E-state index contributed by atoms with van der Waals surface area (Å²) in [5.41, 5.74) is 1.73. The highest BCUT2D eigenvalue weighted by Gasteiger charge is 2.28. The second-order valence-electron chi connectivity index (χ2n) is 9.86. The van der Waals surface area contributed by atoms with Gasteiger partial charge in [-0.05, 0) is 80.8 Å². The lowest BCUT2D eigenvalue weighted by Gasteiger charge is -2.38. The number of aliphatic hydroxyl groups is 1. The number of ether oxygens (including phenoxy) is 2. The number of piperidine rings is 1. The van der Waals surface area contributed by atoms with Crippen LogP contribution >= 0.6 is 0 Å². The molecular weight excluding hydrogens is 488 g/mol. The quantitative estimate of drug-likeness (QED) is 0.318. The molecule has 3 atom stereocenters. The molecule has 1 unspecified atom stereocenters. The summed E-state index contributed by atoms with van der Waals surface area (Å²) in [6.07, 6.45) is 7.22. The van der Waals surface area contributed by atoms with Crippen molar-refractivity contribution >= 4 is 22.8 Å².